The molecule has 0 aromatic rings. The number of rotatable bonds is 4. The molecule has 94 valence electrons. The molecule has 16 heavy (non-hydrogen) atoms. The second kappa shape index (κ2) is 5.60. The van der Waals surface area contributed by atoms with Gasteiger partial charge in [-0.3, -0.25) is 4.79 Å². The minimum Gasteiger partial charge on any atom is -0.358 e. The fraction of sp³-hybridized carbons (Fsp3) is 0.889. The normalized spacial score (nSPS) is 22.1. The average molecular weight is 249 g/mol. The molecule has 1 heterocycles. The van der Waals surface area contributed by atoms with E-state index in [1.54, 1.807) is 0 Å². The molecule has 0 aromatic heterocycles. The van der Waals surface area contributed by atoms with Crippen molar-refractivity contribution in [2.24, 2.45) is 0 Å². The van der Waals surface area contributed by atoms with Crippen LogP contribution in [0.25, 0.3) is 0 Å². The van der Waals surface area contributed by atoms with Gasteiger partial charge in [-0.25, -0.2) is 8.42 Å². The van der Waals surface area contributed by atoms with Gasteiger partial charge in [0.2, 0.25) is 15.9 Å². The van der Waals surface area contributed by atoms with Crippen LogP contribution in [0, 0.1) is 0 Å². The van der Waals surface area contributed by atoms with Gasteiger partial charge in [-0.1, -0.05) is 0 Å². The van der Waals surface area contributed by atoms with Crippen molar-refractivity contribution >= 4 is 15.9 Å². The Morgan fingerprint density at radius 2 is 2.25 bits per heavy atom. The molecule has 1 aliphatic rings. The standard InChI is InChI=1S/C9H19N3O3S/c1-10-9(13)7-12(2)16(14,15)8-4-3-5-11-6-8/h8,11H,3-7H2,1-2H3,(H,10,13). The molecule has 1 amide bonds. The molecule has 0 bridgehead atoms. The molecule has 2 N–H and O–H groups in total. The van der Waals surface area contributed by atoms with Crippen LogP contribution in [0.5, 0.6) is 0 Å². The maximum atomic E-state index is 12.0. The summed E-state index contributed by atoms with van der Waals surface area (Å²) in [6.07, 6.45) is 1.52. The van der Waals surface area contributed by atoms with Crippen molar-refractivity contribution in [3.8, 4) is 0 Å². The summed E-state index contributed by atoms with van der Waals surface area (Å²) in [6, 6.07) is 0. The number of amides is 1. The second-order valence-electron chi connectivity index (χ2n) is 3.94. The van der Waals surface area contributed by atoms with Crippen molar-refractivity contribution in [1.82, 2.24) is 14.9 Å². The number of carbonyl (C=O) groups excluding carboxylic acids is 1. The van der Waals surface area contributed by atoms with Gasteiger partial charge >= 0.3 is 0 Å². The van der Waals surface area contributed by atoms with Crippen LogP contribution in [0.4, 0.5) is 0 Å². The zero-order chi connectivity index (χ0) is 12.2. The van der Waals surface area contributed by atoms with Crippen LogP contribution in [0.3, 0.4) is 0 Å². The third kappa shape index (κ3) is 3.16. The monoisotopic (exact) mass is 249 g/mol. The van der Waals surface area contributed by atoms with E-state index in [0.29, 0.717) is 13.0 Å². The quantitative estimate of drug-likeness (QED) is 0.652. The highest BCUT2D eigenvalue weighted by Crippen LogP contribution is 2.14. The van der Waals surface area contributed by atoms with E-state index in [9.17, 15) is 13.2 Å². The SMILES string of the molecule is CNC(=O)CN(C)S(=O)(=O)C1CCCNC1. The van der Waals surface area contributed by atoms with Crippen LogP contribution < -0.4 is 10.6 Å². The van der Waals surface area contributed by atoms with E-state index in [1.807, 2.05) is 0 Å². The number of nitrogens with zero attached hydrogens (tertiary/aromatic N) is 1. The Kier molecular flexibility index (Phi) is 4.69. The first kappa shape index (κ1) is 13.4. The minimum atomic E-state index is -3.36. The fourth-order valence-electron chi connectivity index (χ4n) is 1.70. The van der Waals surface area contributed by atoms with Crippen molar-refractivity contribution in [2.75, 3.05) is 33.7 Å². The molecule has 1 aliphatic heterocycles. The predicted octanol–water partition coefficient (Wildman–Crippen LogP) is -1.25. The van der Waals surface area contributed by atoms with Gasteiger partial charge in [0.05, 0.1) is 11.8 Å². The molecule has 0 aromatic carbocycles. The second-order valence-corrected chi connectivity index (χ2v) is 6.26. The lowest BCUT2D eigenvalue weighted by atomic mass is 10.2. The van der Waals surface area contributed by atoms with Crippen LogP contribution in [0.1, 0.15) is 12.8 Å². The van der Waals surface area contributed by atoms with Crippen LogP contribution >= 0.6 is 0 Å². The summed E-state index contributed by atoms with van der Waals surface area (Å²) in [6.45, 7) is 1.22. The molecule has 1 rings (SSSR count). The van der Waals surface area contributed by atoms with Crippen LogP contribution in [0.2, 0.25) is 0 Å². The van der Waals surface area contributed by atoms with Crippen LogP contribution in [-0.2, 0) is 14.8 Å². The Bertz CT molecular complexity index is 336. The van der Waals surface area contributed by atoms with Gasteiger partial charge in [0.15, 0.2) is 0 Å². The third-order valence-corrected chi connectivity index (χ3v) is 5.00. The van der Waals surface area contributed by atoms with E-state index < -0.39 is 15.3 Å². The Hall–Kier alpha value is -0.660. The summed E-state index contributed by atoms with van der Waals surface area (Å²) in [5, 5.41) is 5.06. The van der Waals surface area contributed by atoms with Gasteiger partial charge in [0, 0.05) is 20.6 Å². The molecular weight excluding hydrogens is 230 g/mol. The lowest BCUT2D eigenvalue weighted by Crippen LogP contribution is -2.47. The van der Waals surface area contributed by atoms with E-state index in [-0.39, 0.29) is 12.5 Å². The van der Waals surface area contributed by atoms with Crippen LogP contribution in [0.15, 0.2) is 0 Å². The minimum absolute atomic E-state index is 0.116. The van der Waals surface area contributed by atoms with E-state index in [4.69, 9.17) is 0 Å². The Morgan fingerprint density at radius 3 is 2.75 bits per heavy atom. The zero-order valence-electron chi connectivity index (χ0n) is 9.69. The molecule has 1 fully saturated rings. The van der Waals surface area contributed by atoms with Gasteiger partial charge < -0.3 is 10.6 Å². The highest BCUT2D eigenvalue weighted by Gasteiger charge is 2.31. The molecule has 1 atom stereocenters. The first-order chi connectivity index (χ1) is 7.48. The van der Waals surface area contributed by atoms with Crippen molar-refractivity contribution in [2.45, 2.75) is 18.1 Å². The summed E-state index contributed by atoms with van der Waals surface area (Å²) in [5.41, 5.74) is 0. The molecule has 0 spiro atoms. The summed E-state index contributed by atoms with van der Waals surface area (Å²) in [4.78, 5) is 11.1. The van der Waals surface area contributed by atoms with E-state index in [0.717, 1.165) is 17.3 Å². The average Bonchev–Trinajstić information content (AvgIpc) is 2.29. The summed E-state index contributed by atoms with van der Waals surface area (Å²) in [5.74, 6) is -0.296. The van der Waals surface area contributed by atoms with E-state index in [2.05, 4.69) is 10.6 Å². The Balaban J connectivity index is 2.64. The highest BCUT2D eigenvalue weighted by atomic mass is 32.2. The fourth-order valence-corrected chi connectivity index (χ4v) is 3.30. The van der Waals surface area contributed by atoms with Crippen molar-refractivity contribution in [1.29, 1.82) is 0 Å². The largest absolute Gasteiger partial charge is 0.358 e. The number of carbonyl (C=O) groups is 1. The molecule has 0 radical (unpaired) electrons. The van der Waals surface area contributed by atoms with E-state index in [1.165, 1.54) is 14.1 Å². The Morgan fingerprint density at radius 1 is 1.56 bits per heavy atom. The topological polar surface area (TPSA) is 78.5 Å². The number of piperidine rings is 1. The van der Waals surface area contributed by atoms with Gasteiger partial charge in [-0.15, -0.1) is 0 Å². The van der Waals surface area contributed by atoms with Gasteiger partial charge in [0.1, 0.15) is 0 Å². The Labute approximate surface area is 96.4 Å². The van der Waals surface area contributed by atoms with Crippen molar-refractivity contribution in [3.05, 3.63) is 0 Å². The number of likely N-dealkylation sites (N-methyl/N-ethyl adjacent to an activating group) is 2. The third-order valence-electron chi connectivity index (χ3n) is 2.75. The molecule has 0 aliphatic carbocycles. The summed E-state index contributed by atoms with van der Waals surface area (Å²) >= 11 is 0. The smallest absolute Gasteiger partial charge is 0.235 e. The van der Waals surface area contributed by atoms with Gasteiger partial charge in [0.25, 0.3) is 0 Å². The maximum absolute atomic E-state index is 12.0. The zero-order valence-corrected chi connectivity index (χ0v) is 10.5. The first-order valence-corrected chi connectivity index (χ1v) is 6.85. The molecule has 6 nitrogen and oxygen atoms in total. The van der Waals surface area contributed by atoms with Gasteiger partial charge in [-0.05, 0) is 19.4 Å². The lowest BCUT2D eigenvalue weighted by Gasteiger charge is -2.27. The van der Waals surface area contributed by atoms with Crippen molar-refractivity contribution in [3.63, 3.8) is 0 Å². The van der Waals surface area contributed by atoms with Crippen LogP contribution in [-0.4, -0.2) is 57.6 Å². The number of hydrogen-bond donors (Lipinski definition) is 2. The molecule has 0 saturated carbocycles. The highest BCUT2D eigenvalue weighted by molar-refractivity contribution is 7.89. The predicted molar refractivity (Wildman–Crippen MR) is 61.5 cm³/mol. The van der Waals surface area contributed by atoms with E-state index >= 15 is 0 Å². The summed E-state index contributed by atoms with van der Waals surface area (Å²) < 4.78 is 25.2. The van der Waals surface area contributed by atoms with Crippen molar-refractivity contribution < 1.29 is 13.2 Å². The number of nitrogens with one attached hydrogen (secondary N) is 2. The molecule has 1 unspecified atom stereocenters. The summed E-state index contributed by atoms with van der Waals surface area (Å²) in [7, 11) is -0.423. The number of hydrogen-bond acceptors (Lipinski definition) is 4. The maximum Gasteiger partial charge on any atom is 0.235 e. The molecular formula is C9H19N3O3S. The first-order valence-electron chi connectivity index (χ1n) is 5.35. The lowest BCUT2D eigenvalue weighted by molar-refractivity contribution is -0.120. The molecule has 1 saturated heterocycles. The number of sulfonamides is 1. The van der Waals surface area contributed by atoms with Gasteiger partial charge in [-0.2, -0.15) is 4.31 Å². The molecule has 7 heteroatoms.